The number of hydrogen-bond acceptors (Lipinski definition) is 5. The summed E-state index contributed by atoms with van der Waals surface area (Å²) in [5.74, 6) is -2.00. The molecule has 2 aliphatic rings. The summed E-state index contributed by atoms with van der Waals surface area (Å²) in [6.45, 7) is 0.685. The van der Waals surface area contributed by atoms with Crippen LogP contribution in [-0.2, 0) is 16.1 Å². The van der Waals surface area contributed by atoms with Gasteiger partial charge in [-0.05, 0) is 43.2 Å². The van der Waals surface area contributed by atoms with E-state index in [9.17, 15) is 18.8 Å². The van der Waals surface area contributed by atoms with E-state index in [0.717, 1.165) is 23.8 Å². The Labute approximate surface area is 171 Å². The summed E-state index contributed by atoms with van der Waals surface area (Å²) in [6.07, 6.45) is 1.56. The third-order valence-electron chi connectivity index (χ3n) is 4.99. The zero-order chi connectivity index (χ0) is 20.5. The molecule has 0 saturated carbocycles. The molecule has 0 aliphatic carbocycles. The van der Waals surface area contributed by atoms with Crippen molar-refractivity contribution in [1.82, 2.24) is 4.90 Å². The zero-order valence-electron chi connectivity index (χ0n) is 15.3. The van der Waals surface area contributed by atoms with Crippen molar-refractivity contribution in [3.05, 3.63) is 69.5 Å². The number of esters is 1. The number of carbonyl (C=O) groups excluding carboxylic acids is 3. The highest BCUT2D eigenvalue weighted by atomic mass is 35.5. The van der Waals surface area contributed by atoms with E-state index in [4.69, 9.17) is 21.1 Å². The molecule has 0 bridgehead atoms. The Balaban J connectivity index is 1.47. The van der Waals surface area contributed by atoms with E-state index in [1.165, 1.54) is 30.3 Å². The van der Waals surface area contributed by atoms with E-state index in [1.807, 2.05) is 0 Å². The number of ether oxygens (including phenoxy) is 2. The van der Waals surface area contributed by atoms with Crippen LogP contribution in [0.4, 0.5) is 4.39 Å². The van der Waals surface area contributed by atoms with Crippen LogP contribution in [0.5, 0.6) is 0 Å². The maximum absolute atomic E-state index is 13.1. The van der Waals surface area contributed by atoms with Crippen LogP contribution < -0.4 is 0 Å². The smallest absolute Gasteiger partial charge is 0.338 e. The molecular formula is C21H17ClFNO5. The first-order valence-corrected chi connectivity index (χ1v) is 9.55. The predicted octanol–water partition coefficient (Wildman–Crippen LogP) is 3.61. The SMILES string of the molecule is O=C(OCc1ccc(F)cc1Cl)c1ccc2c(c1)C(=O)N(CC1CCCO1)C2=O. The van der Waals surface area contributed by atoms with E-state index in [-0.39, 0.29) is 41.0 Å². The molecule has 2 aromatic rings. The molecule has 4 rings (SSSR count). The fraction of sp³-hybridized carbons (Fsp3) is 0.286. The number of benzene rings is 2. The second-order valence-electron chi connectivity index (χ2n) is 6.93. The quantitative estimate of drug-likeness (QED) is 0.549. The van der Waals surface area contributed by atoms with Crippen LogP contribution in [0, 0.1) is 5.82 Å². The monoisotopic (exact) mass is 417 g/mol. The zero-order valence-corrected chi connectivity index (χ0v) is 16.1. The molecule has 2 heterocycles. The Morgan fingerprint density at radius 2 is 1.97 bits per heavy atom. The molecule has 0 N–H and O–H groups in total. The van der Waals surface area contributed by atoms with Gasteiger partial charge < -0.3 is 9.47 Å². The van der Waals surface area contributed by atoms with Crippen LogP contribution in [0.1, 0.15) is 49.5 Å². The number of rotatable bonds is 5. The van der Waals surface area contributed by atoms with Gasteiger partial charge in [0.25, 0.3) is 11.8 Å². The molecular weight excluding hydrogens is 401 g/mol. The van der Waals surface area contributed by atoms with E-state index in [2.05, 4.69) is 0 Å². The molecule has 2 amide bonds. The number of imide groups is 1. The molecule has 0 radical (unpaired) electrons. The second kappa shape index (κ2) is 7.93. The number of amides is 2. The van der Waals surface area contributed by atoms with Crippen molar-refractivity contribution in [2.75, 3.05) is 13.2 Å². The minimum absolute atomic E-state index is 0.141. The Morgan fingerprint density at radius 3 is 2.69 bits per heavy atom. The summed E-state index contributed by atoms with van der Waals surface area (Å²) in [5, 5.41) is 0.150. The van der Waals surface area contributed by atoms with Crippen LogP contribution in [0.25, 0.3) is 0 Å². The highest BCUT2D eigenvalue weighted by Crippen LogP contribution is 2.26. The molecule has 1 fully saturated rings. The van der Waals surface area contributed by atoms with Crippen molar-refractivity contribution in [2.24, 2.45) is 0 Å². The van der Waals surface area contributed by atoms with Gasteiger partial charge in [-0.15, -0.1) is 0 Å². The summed E-state index contributed by atoms with van der Waals surface area (Å²) < 4.78 is 23.8. The van der Waals surface area contributed by atoms with Crippen molar-refractivity contribution >= 4 is 29.4 Å². The minimum atomic E-state index is -0.675. The van der Waals surface area contributed by atoms with Gasteiger partial charge >= 0.3 is 5.97 Å². The molecule has 0 spiro atoms. The first-order chi connectivity index (χ1) is 13.9. The largest absolute Gasteiger partial charge is 0.457 e. The molecule has 6 nitrogen and oxygen atoms in total. The lowest BCUT2D eigenvalue weighted by Crippen LogP contribution is -2.36. The third kappa shape index (κ3) is 3.88. The predicted molar refractivity (Wildman–Crippen MR) is 101 cm³/mol. The average Bonchev–Trinajstić information content (AvgIpc) is 3.30. The number of carbonyl (C=O) groups is 3. The number of fused-ring (bicyclic) bond motifs is 1. The summed E-state index contributed by atoms with van der Waals surface area (Å²) in [5.41, 5.74) is 1.02. The van der Waals surface area contributed by atoms with E-state index in [0.29, 0.717) is 12.2 Å². The molecule has 0 aromatic heterocycles. The lowest BCUT2D eigenvalue weighted by molar-refractivity contribution is 0.0469. The lowest BCUT2D eigenvalue weighted by Gasteiger charge is -2.17. The van der Waals surface area contributed by atoms with Gasteiger partial charge in [0.05, 0.1) is 34.4 Å². The van der Waals surface area contributed by atoms with Crippen LogP contribution >= 0.6 is 11.6 Å². The normalized spacial score (nSPS) is 18.3. The summed E-state index contributed by atoms with van der Waals surface area (Å²) >= 11 is 5.93. The minimum Gasteiger partial charge on any atom is -0.457 e. The van der Waals surface area contributed by atoms with Gasteiger partial charge in [0.15, 0.2) is 0 Å². The Bertz CT molecular complexity index is 1000. The molecule has 8 heteroatoms. The van der Waals surface area contributed by atoms with Gasteiger partial charge in [0.2, 0.25) is 0 Å². The van der Waals surface area contributed by atoms with E-state index >= 15 is 0 Å². The van der Waals surface area contributed by atoms with Crippen molar-refractivity contribution in [3.8, 4) is 0 Å². The highest BCUT2D eigenvalue weighted by molar-refractivity contribution is 6.31. The van der Waals surface area contributed by atoms with Crippen LogP contribution in [0.2, 0.25) is 5.02 Å². The molecule has 2 aliphatic heterocycles. The van der Waals surface area contributed by atoms with Crippen LogP contribution in [-0.4, -0.2) is 41.9 Å². The third-order valence-corrected chi connectivity index (χ3v) is 5.34. The Kier molecular flexibility index (Phi) is 5.34. The number of nitrogens with zero attached hydrogens (tertiary/aromatic N) is 1. The van der Waals surface area contributed by atoms with Crippen LogP contribution in [0.3, 0.4) is 0 Å². The maximum Gasteiger partial charge on any atom is 0.338 e. The van der Waals surface area contributed by atoms with E-state index < -0.39 is 23.6 Å². The Hall–Kier alpha value is -2.77. The first kappa shape index (κ1) is 19.5. The van der Waals surface area contributed by atoms with E-state index in [1.54, 1.807) is 0 Å². The average molecular weight is 418 g/mol. The van der Waals surface area contributed by atoms with Gasteiger partial charge in [-0.25, -0.2) is 9.18 Å². The summed E-state index contributed by atoms with van der Waals surface area (Å²) in [6, 6.07) is 8.03. The summed E-state index contributed by atoms with van der Waals surface area (Å²) in [4.78, 5) is 38.7. The van der Waals surface area contributed by atoms with Gasteiger partial charge in [0.1, 0.15) is 12.4 Å². The molecule has 1 saturated heterocycles. The lowest BCUT2D eigenvalue weighted by atomic mass is 10.1. The molecule has 29 heavy (non-hydrogen) atoms. The molecule has 150 valence electrons. The van der Waals surface area contributed by atoms with Gasteiger partial charge in [-0.1, -0.05) is 17.7 Å². The van der Waals surface area contributed by atoms with Crippen molar-refractivity contribution < 1.29 is 28.2 Å². The van der Waals surface area contributed by atoms with Crippen LogP contribution in [0.15, 0.2) is 36.4 Å². The molecule has 2 aromatic carbocycles. The van der Waals surface area contributed by atoms with Crippen molar-refractivity contribution in [2.45, 2.75) is 25.6 Å². The van der Waals surface area contributed by atoms with Gasteiger partial charge in [0, 0.05) is 12.2 Å². The van der Waals surface area contributed by atoms with Crippen molar-refractivity contribution in [1.29, 1.82) is 0 Å². The fourth-order valence-electron chi connectivity index (χ4n) is 3.44. The maximum atomic E-state index is 13.1. The van der Waals surface area contributed by atoms with Gasteiger partial charge in [-0.3, -0.25) is 14.5 Å². The number of halogens is 2. The first-order valence-electron chi connectivity index (χ1n) is 9.17. The second-order valence-corrected chi connectivity index (χ2v) is 7.34. The number of hydrogen-bond donors (Lipinski definition) is 0. The standard InChI is InChI=1S/C21H17ClFNO5/c22-18-9-14(23)5-3-13(18)11-29-21(27)12-4-6-16-17(8-12)20(26)24(19(16)25)10-15-2-1-7-28-15/h3-6,8-9,15H,1-2,7,10-11H2. The topological polar surface area (TPSA) is 72.9 Å². The summed E-state index contributed by atoms with van der Waals surface area (Å²) in [7, 11) is 0. The Morgan fingerprint density at radius 1 is 1.17 bits per heavy atom. The highest BCUT2D eigenvalue weighted by Gasteiger charge is 2.38. The molecule has 1 atom stereocenters. The van der Waals surface area contributed by atoms with Crippen molar-refractivity contribution in [3.63, 3.8) is 0 Å². The fourth-order valence-corrected chi connectivity index (χ4v) is 3.66. The molecule has 1 unspecified atom stereocenters. The van der Waals surface area contributed by atoms with Gasteiger partial charge in [-0.2, -0.15) is 0 Å².